The number of rotatable bonds is 3. The first-order chi connectivity index (χ1) is 5.24. The van der Waals surface area contributed by atoms with E-state index in [9.17, 15) is 4.79 Å². The summed E-state index contributed by atoms with van der Waals surface area (Å²) in [5.74, 6) is 0.245. The Morgan fingerprint density at radius 3 is 2.64 bits per heavy atom. The quantitative estimate of drug-likeness (QED) is 0.585. The van der Waals surface area contributed by atoms with Crippen molar-refractivity contribution < 1.29 is 9.53 Å². The molecular weight excluding hydrogens is 140 g/mol. The van der Waals surface area contributed by atoms with Gasteiger partial charge in [-0.15, -0.1) is 0 Å². The van der Waals surface area contributed by atoms with Crippen LogP contribution in [0.15, 0.2) is 0 Å². The highest BCUT2D eigenvalue weighted by atomic mass is 16.5. The Kier molecular flexibility index (Phi) is 2.92. The number of hydrogen-bond donors (Lipinski definition) is 0. The van der Waals surface area contributed by atoms with Crippen molar-refractivity contribution in [3.05, 3.63) is 0 Å². The van der Waals surface area contributed by atoms with Gasteiger partial charge in [0.1, 0.15) is 0 Å². The van der Waals surface area contributed by atoms with Gasteiger partial charge in [0.2, 0.25) is 0 Å². The third-order valence-electron chi connectivity index (χ3n) is 2.33. The lowest BCUT2D eigenvalue weighted by molar-refractivity contribution is -0.156. The van der Waals surface area contributed by atoms with Crippen molar-refractivity contribution in [3.63, 3.8) is 0 Å². The number of hydrogen-bond acceptors (Lipinski definition) is 2. The maximum atomic E-state index is 11.2. The van der Waals surface area contributed by atoms with E-state index in [0.717, 1.165) is 19.3 Å². The van der Waals surface area contributed by atoms with Crippen LogP contribution in [0.2, 0.25) is 0 Å². The van der Waals surface area contributed by atoms with Gasteiger partial charge < -0.3 is 4.74 Å². The van der Waals surface area contributed by atoms with Crippen LogP contribution in [0.5, 0.6) is 0 Å². The highest BCUT2D eigenvalue weighted by Crippen LogP contribution is 2.27. The third kappa shape index (κ3) is 2.21. The van der Waals surface area contributed by atoms with Crippen molar-refractivity contribution in [2.75, 3.05) is 0 Å². The number of carbonyl (C=O) groups excluding carboxylic acids is 1. The molecule has 0 aromatic heterocycles. The molecule has 0 heterocycles. The lowest BCUT2D eigenvalue weighted by Crippen LogP contribution is -2.27. The molecule has 1 rings (SSSR count). The molecule has 0 aliphatic heterocycles. The molecule has 64 valence electrons. The molecule has 0 radical (unpaired) electrons. The summed E-state index contributed by atoms with van der Waals surface area (Å²) in [6.45, 7) is 3.97. The van der Waals surface area contributed by atoms with Crippen molar-refractivity contribution >= 4 is 5.97 Å². The Hall–Kier alpha value is -0.530. The predicted molar refractivity (Wildman–Crippen MR) is 43.2 cm³/mol. The van der Waals surface area contributed by atoms with E-state index in [1.807, 2.05) is 13.8 Å². The Labute approximate surface area is 67.9 Å². The molecule has 11 heavy (non-hydrogen) atoms. The van der Waals surface area contributed by atoms with Crippen molar-refractivity contribution in [2.45, 2.75) is 45.6 Å². The zero-order valence-electron chi connectivity index (χ0n) is 7.30. The largest absolute Gasteiger partial charge is 0.462 e. The van der Waals surface area contributed by atoms with E-state index in [-0.39, 0.29) is 18.0 Å². The summed E-state index contributed by atoms with van der Waals surface area (Å²) in [4.78, 5) is 11.2. The number of esters is 1. The fourth-order valence-electron chi connectivity index (χ4n) is 1.02. The molecule has 2 heteroatoms. The van der Waals surface area contributed by atoms with Crippen LogP contribution < -0.4 is 0 Å². The smallest absolute Gasteiger partial charge is 0.309 e. The van der Waals surface area contributed by atoms with E-state index in [2.05, 4.69) is 0 Å². The minimum absolute atomic E-state index is 0.0191. The summed E-state index contributed by atoms with van der Waals surface area (Å²) in [7, 11) is 0. The van der Waals surface area contributed by atoms with Crippen molar-refractivity contribution in [3.8, 4) is 0 Å². The van der Waals surface area contributed by atoms with Crippen LogP contribution >= 0.6 is 0 Å². The lowest BCUT2D eigenvalue weighted by Gasteiger charge is -2.24. The lowest BCUT2D eigenvalue weighted by atomic mass is 9.86. The predicted octanol–water partition coefficient (Wildman–Crippen LogP) is 2.13. The van der Waals surface area contributed by atoms with E-state index in [0.29, 0.717) is 0 Å². The average molecular weight is 156 g/mol. The number of ether oxygens (including phenoxy) is 1. The van der Waals surface area contributed by atoms with Crippen LogP contribution in [0.3, 0.4) is 0 Å². The minimum atomic E-state index is 0.0191. The van der Waals surface area contributed by atoms with Crippen LogP contribution in [-0.2, 0) is 9.53 Å². The molecule has 1 fully saturated rings. The van der Waals surface area contributed by atoms with E-state index in [4.69, 9.17) is 4.74 Å². The first-order valence-corrected chi connectivity index (χ1v) is 4.44. The second-order valence-electron chi connectivity index (χ2n) is 3.28. The molecule has 1 aliphatic rings. The molecule has 0 saturated heterocycles. The fourth-order valence-corrected chi connectivity index (χ4v) is 1.02. The molecule has 0 aromatic carbocycles. The van der Waals surface area contributed by atoms with Crippen LogP contribution in [-0.4, -0.2) is 12.1 Å². The van der Waals surface area contributed by atoms with Gasteiger partial charge in [-0.1, -0.05) is 13.3 Å². The van der Waals surface area contributed by atoms with E-state index < -0.39 is 0 Å². The second-order valence-corrected chi connectivity index (χ2v) is 3.28. The third-order valence-corrected chi connectivity index (χ3v) is 2.33. The molecule has 0 bridgehead atoms. The molecule has 1 unspecified atom stereocenters. The monoisotopic (exact) mass is 156 g/mol. The van der Waals surface area contributed by atoms with Crippen molar-refractivity contribution in [1.82, 2.24) is 0 Å². The zero-order valence-corrected chi connectivity index (χ0v) is 7.30. The zero-order chi connectivity index (χ0) is 8.27. The van der Waals surface area contributed by atoms with Crippen LogP contribution in [0.4, 0.5) is 0 Å². The van der Waals surface area contributed by atoms with Gasteiger partial charge >= 0.3 is 5.97 Å². The van der Waals surface area contributed by atoms with Crippen LogP contribution in [0.1, 0.15) is 39.5 Å². The number of carbonyl (C=O) groups is 1. The van der Waals surface area contributed by atoms with Gasteiger partial charge in [0.25, 0.3) is 0 Å². The van der Waals surface area contributed by atoms with Gasteiger partial charge in [0.05, 0.1) is 12.0 Å². The van der Waals surface area contributed by atoms with Gasteiger partial charge in [-0.3, -0.25) is 4.79 Å². The maximum Gasteiger partial charge on any atom is 0.309 e. The average Bonchev–Trinajstić information content (AvgIpc) is 1.83. The van der Waals surface area contributed by atoms with E-state index in [1.54, 1.807) is 0 Å². The van der Waals surface area contributed by atoms with E-state index in [1.165, 1.54) is 6.42 Å². The van der Waals surface area contributed by atoms with Crippen molar-refractivity contribution in [1.29, 1.82) is 0 Å². The molecule has 2 nitrogen and oxygen atoms in total. The molecule has 0 spiro atoms. The van der Waals surface area contributed by atoms with Gasteiger partial charge in [-0.05, 0) is 26.2 Å². The summed E-state index contributed by atoms with van der Waals surface area (Å²) in [6, 6.07) is 0. The maximum absolute atomic E-state index is 11.2. The van der Waals surface area contributed by atoms with Gasteiger partial charge in [-0.2, -0.15) is 0 Å². The Bertz CT molecular complexity index is 138. The highest BCUT2D eigenvalue weighted by molar-refractivity contribution is 5.73. The van der Waals surface area contributed by atoms with Crippen LogP contribution in [0.25, 0.3) is 0 Å². The first-order valence-electron chi connectivity index (χ1n) is 4.44. The first kappa shape index (κ1) is 8.57. The SMILES string of the molecule is CCC(C)OC(=O)C1CCC1. The topological polar surface area (TPSA) is 26.3 Å². The van der Waals surface area contributed by atoms with Crippen LogP contribution in [0, 0.1) is 5.92 Å². The van der Waals surface area contributed by atoms with E-state index >= 15 is 0 Å². The van der Waals surface area contributed by atoms with Gasteiger partial charge in [0.15, 0.2) is 0 Å². The van der Waals surface area contributed by atoms with Crippen molar-refractivity contribution in [2.24, 2.45) is 5.92 Å². The summed E-state index contributed by atoms with van der Waals surface area (Å²) in [6.07, 6.45) is 4.28. The molecule has 1 aliphatic carbocycles. The normalized spacial score (nSPS) is 20.5. The Balaban J connectivity index is 2.19. The second kappa shape index (κ2) is 3.74. The summed E-state index contributed by atoms with van der Waals surface area (Å²) in [5.41, 5.74) is 0. The fraction of sp³-hybridized carbons (Fsp3) is 0.889. The molecule has 1 atom stereocenters. The standard InChI is InChI=1S/C9H16O2/c1-3-7(2)11-9(10)8-5-4-6-8/h7-8H,3-6H2,1-2H3. The molecule has 0 amide bonds. The summed E-state index contributed by atoms with van der Waals surface area (Å²) in [5, 5.41) is 0. The Morgan fingerprint density at radius 1 is 1.64 bits per heavy atom. The molecular formula is C9H16O2. The summed E-state index contributed by atoms with van der Waals surface area (Å²) >= 11 is 0. The molecule has 0 aromatic rings. The Morgan fingerprint density at radius 2 is 2.27 bits per heavy atom. The van der Waals surface area contributed by atoms with Gasteiger partial charge in [-0.25, -0.2) is 0 Å². The van der Waals surface area contributed by atoms with Gasteiger partial charge in [0, 0.05) is 0 Å². The highest BCUT2D eigenvalue weighted by Gasteiger charge is 2.27. The summed E-state index contributed by atoms with van der Waals surface area (Å²) < 4.78 is 5.16. The minimum Gasteiger partial charge on any atom is -0.462 e. The molecule has 1 saturated carbocycles. The molecule has 0 N–H and O–H groups in total.